The molecule has 3 rings (SSSR count). The zero-order valence-electron chi connectivity index (χ0n) is 9.95. The van der Waals surface area contributed by atoms with E-state index in [9.17, 15) is 9.59 Å². The van der Waals surface area contributed by atoms with Gasteiger partial charge in [0.15, 0.2) is 11.6 Å². The van der Waals surface area contributed by atoms with Gasteiger partial charge in [-0.3, -0.25) is 9.59 Å². The molecule has 0 unspecified atom stereocenters. The number of methoxy groups -OCH3 is 1. The van der Waals surface area contributed by atoms with E-state index >= 15 is 0 Å². The van der Waals surface area contributed by atoms with Crippen LogP contribution in [0.5, 0.6) is 5.75 Å². The van der Waals surface area contributed by atoms with Crippen LogP contribution in [0.1, 0.15) is 35.7 Å². The van der Waals surface area contributed by atoms with E-state index in [2.05, 4.69) is 0 Å². The second-order valence-electron chi connectivity index (χ2n) is 5.06. The van der Waals surface area contributed by atoms with Gasteiger partial charge in [0.25, 0.3) is 0 Å². The maximum absolute atomic E-state index is 12.2. The summed E-state index contributed by atoms with van der Waals surface area (Å²) >= 11 is 0. The van der Waals surface area contributed by atoms with Crippen LogP contribution in [0.15, 0.2) is 18.2 Å². The number of ether oxygens (including phenoxy) is 1. The molecule has 0 N–H and O–H groups in total. The summed E-state index contributed by atoms with van der Waals surface area (Å²) in [6, 6.07) is 5.42. The molecular weight excluding hydrogens is 216 g/mol. The molecule has 3 heteroatoms. The summed E-state index contributed by atoms with van der Waals surface area (Å²) in [5.74, 6) is 0.378. The van der Waals surface area contributed by atoms with Crippen LogP contribution >= 0.6 is 0 Å². The number of Topliss-reactive ketones (excluding diaryl/α,β-unsaturated/α-hetero) is 2. The highest BCUT2D eigenvalue weighted by Crippen LogP contribution is 2.48. The molecule has 0 saturated heterocycles. The standard InChI is InChI=1S/C14H14O3/c1-14-6-5-10(13(14)16)12(15)9-4-3-8(17-2)7-11(9)14/h3-4,7,10H,5-6H2,1-2H3/t10-,14-/m1/s1. The normalized spacial score (nSPS) is 30.4. The summed E-state index contributed by atoms with van der Waals surface area (Å²) in [6.07, 6.45) is 1.45. The van der Waals surface area contributed by atoms with Gasteiger partial charge < -0.3 is 4.74 Å². The van der Waals surface area contributed by atoms with Gasteiger partial charge in [0.05, 0.1) is 18.4 Å². The van der Waals surface area contributed by atoms with Crippen molar-refractivity contribution in [1.29, 1.82) is 0 Å². The number of hydrogen-bond donors (Lipinski definition) is 0. The summed E-state index contributed by atoms with van der Waals surface area (Å²) in [5.41, 5.74) is 1.07. The minimum Gasteiger partial charge on any atom is -0.497 e. The van der Waals surface area contributed by atoms with Crippen LogP contribution in [0.25, 0.3) is 0 Å². The van der Waals surface area contributed by atoms with Gasteiger partial charge in [-0.15, -0.1) is 0 Å². The Bertz CT molecular complexity index is 532. The number of carbonyl (C=O) groups is 2. The van der Waals surface area contributed by atoms with E-state index < -0.39 is 11.3 Å². The molecule has 0 spiro atoms. The Morgan fingerprint density at radius 2 is 2.12 bits per heavy atom. The van der Waals surface area contributed by atoms with E-state index in [1.807, 2.05) is 13.0 Å². The number of fused-ring (bicyclic) bond motifs is 4. The van der Waals surface area contributed by atoms with Crippen LogP contribution in [0.2, 0.25) is 0 Å². The zero-order chi connectivity index (χ0) is 12.2. The summed E-state index contributed by atoms with van der Waals surface area (Å²) in [6.45, 7) is 1.94. The summed E-state index contributed by atoms with van der Waals surface area (Å²) in [5, 5.41) is 0. The van der Waals surface area contributed by atoms with Gasteiger partial charge in [-0.1, -0.05) is 0 Å². The first-order chi connectivity index (χ1) is 8.08. The van der Waals surface area contributed by atoms with Gasteiger partial charge in [-0.05, 0) is 43.5 Å². The van der Waals surface area contributed by atoms with Crippen LogP contribution in [0.3, 0.4) is 0 Å². The molecule has 1 saturated carbocycles. The lowest BCUT2D eigenvalue weighted by Crippen LogP contribution is -2.39. The van der Waals surface area contributed by atoms with Gasteiger partial charge in [-0.2, -0.15) is 0 Å². The third-order valence-corrected chi connectivity index (χ3v) is 4.20. The lowest BCUT2D eigenvalue weighted by Gasteiger charge is -2.30. The maximum Gasteiger partial charge on any atom is 0.173 e. The quantitative estimate of drug-likeness (QED) is 0.694. The fraction of sp³-hybridized carbons (Fsp3) is 0.429. The van der Waals surface area contributed by atoms with E-state index in [1.54, 1.807) is 19.2 Å². The zero-order valence-corrected chi connectivity index (χ0v) is 9.95. The van der Waals surface area contributed by atoms with Gasteiger partial charge in [0.2, 0.25) is 0 Å². The molecule has 2 aliphatic carbocycles. The van der Waals surface area contributed by atoms with Crippen molar-refractivity contribution in [2.75, 3.05) is 7.11 Å². The first-order valence-corrected chi connectivity index (χ1v) is 5.85. The highest BCUT2D eigenvalue weighted by atomic mass is 16.5. The second-order valence-corrected chi connectivity index (χ2v) is 5.06. The smallest absolute Gasteiger partial charge is 0.173 e. The Hall–Kier alpha value is -1.64. The van der Waals surface area contributed by atoms with E-state index in [0.29, 0.717) is 17.7 Å². The van der Waals surface area contributed by atoms with Crippen LogP contribution in [-0.4, -0.2) is 18.7 Å². The molecule has 1 fully saturated rings. The Morgan fingerprint density at radius 3 is 2.82 bits per heavy atom. The molecule has 17 heavy (non-hydrogen) atoms. The fourth-order valence-electron chi connectivity index (χ4n) is 3.10. The van der Waals surface area contributed by atoms with Crippen molar-refractivity contribution in [3.63, 3.8) is 0 Å². The van der Waals surface area contributed by atoms with Crippen LogP contribution in [-0.2, 0) is 10.2 Å². The number of rotatable bonds is 1. The van der Waals surface area contributed by atoms with E-state index in [0.717, 1.165) is 12.0 Å². The monoisotopic (exact) mass is 230 g/mol. The van der Waals surface area contributed by atoms with E-state index in [1.165, 1.54) is 0 Å². The number of carbonyl (C=O) groups excluding carboxylic acids is 2. The Labute approximate surface area is 99.8 Å². The van der Waals surface area contributed by atoms with Gasteiger partial charge in [0.1, 0.15) is 5.75 Å². The Balaban J connectivity index is 2.27. The number of benzene rings is 1. The van der Waals surface area contributed by atoms with Gasteiger partial charge in [0, 0.05) is 5.56 Å². The molecule has 2 atom stereocenters. The molecule has 2 bridgehead atoms. The SMILES string of the molecule is COc1ccc2c(c1)[C@@]1(C)CC[C@H](C2=O)C1=O. The van der Waals surface area contributed by atoms with Crippen molar-refractivity contribution < 1.29 is 14.3 Å². The number of ketones is 2. The van der Waals surface area contributed by atoms with Crippen LogP contribution in [0.4, 0.5) is 0 Å². The highest BCUT2D eigenvalue weighted by molar-refractivity contribution is 6.19. The van der Waals surface area contributed by atoms with Crippen molar-refractivity contribution in [3.8, 4) is 5.75 Å². The number of hydrogen-bond acceptors (Lipinski definition) is 3. The topological polar surface area (TPSA) is 43.4 Å². The third-order valence-electron chi connectivity index (χ3n) is 4.20. The highest BCUT2D eigenvalue weighted by Gasteiger charge is 2.53. The summed E-state index contributed by atoms with van der Waals surface area (Å²) in [7, 11) is 1.59. The molecule has 0 heterocycles. The molecule has 2 aliphatic rings. The largest absolute Gasteiger partial charge is 0.497 e. The van der Waals surface area contributed by atoms with Gasteiger partial charge >= 0.3 is 0 Å². The van der Waals surface area contributed by atoms with E-state index in [-0.39, 0.29) is 11.6 Å². The van der Waals surface area contributed by atoms with Gasteiger partial charge in [-0.25, -0.2) is 0 Å². The lowest BCUT2D eigenvalue weighted by molar-refractivity contribution is -0.124. The molecule has 88 valence electrons. The van der Waals surface area contributed by atoms with Crippen molar-refractivity contribution in [3.05, 3.63) is 29.3 Å². The summed E-state index contributed by atoms with van der Waals surface area (Å²) < 4.78 is 5.18. The van der Waals surface area contributed by atoms with E-state index in [4.69, 9.17) is 4.74 Å². The van der Waals surface area contributed by atoms with Crippen LogP contribution < -0.4 is 4.74 Å². The molecule has 0 aliphatic heterocycles. The first-order valence-electron chi connectivity index (χ1n) is 5.85. The maximum atomic E-state index is 12.2. The average molecular weight is 230 g/mol. The molecular formula is C14H14O3. The second kappa shape index (κ2) is 3.19. The Morgan fingerprint density at radius 1 is 1.35 bits per heavy atom. The third kappa shape index (κ3) is 1.17. The molecule has 0 radical (unpaired) electrons. The van der Waals surface area contributed by atoms with Crippen molar-refractivity contribution in [1.82, 2.24) is 0 Å². The minimum absolute atomic E-state index is 0.0115. The predicted octanol–water partition coefficient (Wildman–Crippen LogP) is 2.13. The molecule has 0 aromatic heterocycles. The fourth-order valence-corrected chi connectivity index (χ4v) is 3.10. The van der Waals surface area contributed by atoms with Crippen LogP contribution in [0, 0.1) is 5.92 Å². The van der Waals surface area contributed by atoms with Crippen molar-refractivity contribution >= 4 is 11.6 Å². The average Bonchev–Trinajstić information content (AvgIpc) is 2.59. The molecule has 0 amide bonds. The summed E-state index contributed by atoms with van der Waals surface area (Å²) in [4.78, 5) is 24.4. The van der Waals surface area contributed by atoms with Crippen molar-refractivity contribution in [2.45, 2.75) is 25.2 Å². The Kier molecular flexibility index (Phi) is 1.97. The van der Waals surface area contributed by atoms with Crippen molar-refractivity contribution in [2.24, 2.45) is 5.92 Å². The molecule has 1 aromatic carbocycles. The lowest BCUT2D eigenvalue weighted by atomic mass is 9.71. The molecule has 3 nitrogen and oxygen atoms in total. The predicted molar refractivity (Wildman–Crippen MR) is 62.4 cm³/mol. The first kappa shape index (κ1) is 10.5. The minimum atomic E-state index is -0.484. The molecule has 1 aromatic rings.